The molecule has 0 saturated heterocycles. The summed E-state index contributed by atoms with van der Waals surface area (Å²) in [5, 5.41) is 9.06. The first-order valence-corrected chi connectivity index (χ1v) is 8.42. The third kappa shape index (κ3) is 5.92. The molecule has 1 aromatic carbocycles. The number of carbonyl (C=O) groups excluding carboxylic acids is 1. The molecule has 25 heavy (non-hydrogen) atoms. The highest BCUT2D eigenvalue weighted by Crippen LogP contribution is 2.21. The zero-order valence-corrected chi connectivity index (χ0v) is 15.4. The van der Waals surface area contributed by atoms with E-state index in [9.17, 15) is 9.59 Å². The fraction of sp³-hybridized carbons (Fsp3) is 0.579. The Bertz CT molecular complexity index is 557. The molecule has 0 aromatic heterocycles. The van der Waals surface area contributed by atoms with Gasteiger partial charge in [-0.2, -0.15) is 0 Å². The van der Waals surface area contributed by atoms with E-state index >= 15 is 0 Å². The van der Waals surface area contributed by atoms with Crippen molar-refractivity contribution in [1.82, 2.24) is 0 Å². The van der Waals surface area contributed by atoms with E-state index in [0.717, 1.165) is 19.3 Å². The van der Waals surface area contributed by atoms with Crippen LogP contribution in [0.15, 0.2) is 24.3 Å². The maximum Gasteiger partial charge on any atom is 0.307 e. The second-order valence-corrected chi connectivity index (χ2v) is 5.86. The highest BCUT2D eigenvalue weighted by atomic mass is 16.6. The monoisotopic (exact) mass is 352 g/mol. The normalized spacial score (nSPS) is 14.7. The van der Waals surface area contributed by atoms with Crippen LogP contribution in [-0.4, -0.2) is 56.5 Å². The molecule has 0 heterocycles. The van der Waals surface area contributed by atoms with E-state index in [0.29, 0.717) is 11.1 Å². The SMILES string of the molecule is CCCCC(OC)C(OC)C(OC)C(=O)c1ccccc1CC(=O)O. The Morgan fingerprint density at radius 2 is 1.76 bits per heavy atom. The standard InChI is InChI=1S/C19H28O6/c1-5-6-11-15(23-2)18(24-3)19(25-4)17(22)14-10-8-7-9-13(14)12-16(20)21/h7-10,15,18-19H,5-6,11-12H2,1-4H3,(H,20,21). The lowest BCUT2D eigenvalue weighted by Crippen LogP contribution is -2.46. The van der Waals surface area contributed by atoms with Gasteiger partial charge in [0.15, 0.2) is 5.78 Å². The van der Waals surface area contributed by atoms with Crippen molar-refractivity contribution in [2.45, 2.75) is 50.9 Å². The summed E-state index contributed by atoms with van der Waals surface area (Å²) >= 11 is 0. The van der Waals surface area contributed by atoms with E-state index in [1.807, 2.05) is 0 Å². The van der Waals surface area contributed by atoms with Gasteiger partial charge >= 0.3 is 5.97 Å². The molecule has 0 aliphatic heterocycles. The van der Waals surface area contributed by atoms with E-state index < -0.39 is 18.2 Å². The molecule has 3 unspecified atom stereocenters. The van der Waals surface area contributed by atoms with Crippen molar-refractivity contribution in [3.63, 3.8) is 0 Å². The molecule has 0 fully saturated rings. The van der Waals surface area contributed by atoms with Crippen LogP contribution in [0.2, 0.25) is 0 Å². The summed E-state index contributed by atoms with van der Waals surface area (Å²) in [6.07, 6.45) is 0.732. The molecule has 140 valence electrons. The maximum atomic E-state index is 13.0. The summed E-state index contributed by atoms with van der Waals surface area (Å²) in [4.78, 5) is 24.1. The predicted molar refractivity (Wildman–Crippen MR) is 94.0 cm³/mol. The highest BCUT2D eigenvalue weighted by Gasteiger charge is 2.36. The van der Waals surface area contributed by atoms with Crippen LogP contribution in [-0.2, 0) is 25.4 Å². The minimum absolute atomic E-state index is 0.223. The Balaban J connectivity index is 3.11. The number of aliphatic carboxylic acids is 1. The molecule has 1 N–H and O–H groups in total. The maximum absolute atomic E-state index is 13.0. The van der Waals surface area contributed by atoms with Gasteiger partial charge in [-0.3, -0.25) is 9.59 Å². The molecule has 0 aliphatic carbocycles. The number of ketones is 1. The Morgan fingerprint density at radius 1 is 1.08 bits per heavy atom. The van der Waals surface area contributed by atoms with Crippen molar-refractivity contribution in [3.05, 3.63) is 35.4 Å². The van der Waals surface area contributed by atoms with E-state index in [-0.39, 0.29) is 18.3 Å². The number of carboxylic acids is 1. The number of Topliss-reactive ketones (excluding diaryl/α,β-unsaturated/α-hetero) is 1. The number of methoxy groups -OCH3 is 3. The van der Waals surface area contributed by atoms with Gasteiger partial charge in [-0.05, 0) is 12.0 Å². The number of ether oxygens (including phenoxy) is 3. The van der Waals surface area contributed by atoms with Crippen molar-refractivity contribution in [1.29, 1.82) is 0 Å². The van der Waals surface area contributed by atoms with Crippen molar-refractivity contribution in [2.75, 3.05) is 21.3 Å². The van der Waals surface area contributed by atoms with Crippen LogP contribution in [0.4, 0.5) is 0 Å². The van der Waals surface area contributed by atoms with Gasteiger partial charge in [-0.25, -0.2) is 0 Å². The first-order chi connectivity index (χ1) is 12.0. The molecule has 6 nitrogen and oxygen atoms in total. The molecular formula is C19H28O6. The summed E-state index contributed by atoms with van der Waals surface area (Å²) in [5.74, 6) is -1.29. The third-order valence-electron chi connectivity index (χ3n) is 4.22. The van der Waals surface area contributed by atoms with Crippen LogP contribution in [0.5, 0.6) is 0 Å². The van der Waals surface area contributed by atoms with Crippen molar-refractivity contribution in [3.8, 4) is 0 Å². The summed E-state index contributed by atoms with van der Waals surface area (Å²) < 4.78 is 16.5. The van der Waals surface area contributed by atoms with Crippen LogP contribution in [0, 0.1) is 0 Å². The zero-order chi connectivity index (χ0) is 18.8. The zero-order valence-electron chi connectivity index (χ0n) is 15.4. The number of carboxylic acid groups (broad SMARTS) is 1. The molecule has 0 bridgehead atoms. The van der Waals surface area contributed by atoms with Gasteiger partial charge in [0, 0.05) is 26.9 Å². The minimum atomic E-state index is -0.991. The molecule has 0 amide bonds. The van der Waals surface area contributed by atoms with Gasteiger partial charge < -0.3 is 19.3 Å². The van der Waals surface area contributed by atoms with Crippen LogP contribution in [0.1, 0.15) is 42.1 Å². The fourth-order valence-electron chi connectivity index (χ4n) is 2.91. The van der Waals surface area contributed by atoms with E-state index in [4.69, 9.17) is 19.3 Å². The summed E-state index contributed by atoms with van der Waals surface area (Å²) in [6, 6.07) is 6.68. The summed E-state index contributed by atoms with van der Waals surface area (Å²) in [6.45, 7) is 2.08. The number of carbonyl (C=O) groups is 2. The highest BCUT2D eigenvalue weighted by molar-refractivity contribution is 6.01. The lowest BCUT2D eigenvalue weighted by molar-refractivity contribution is -0.136. The number of rotatable bonds is 12. The second-order valence-electron chi connectivity index (χ2n) is 5.86. The van der Waals surface area contributed by atoms with Crippen LogP contribution in [0.3, 0.4) is 0 Å². The first kappa shape index (κ1) is 21.3. The molecule has 1 aromatic rings. The molecular weight excluding hydrogens is 324 g/mol. The minimum Gasteiger partial charge on any atom is -0.481 e. The molecule has 0 saturated carbocycles. The van der Waals surface area contributed by atoms with Crippen molar-refractivity contribution < 1.29 is 28.9 Å². The van der Waals surface area contributed by atoms with Crippen LogP contribution in [0.25, 0.3) is 0 Å². The quantitative estimate of drug-likeness (QED) is 0.583. The number of hydrogen-bond donors (Lipinski definition) is 1. The molecule has 0 aliphatic rings. The third-order valence-corrected chi connectivity index (χ3v) is 4.22. The largest absolute Gasteiger partial charge is 0.481 e. The van der Waals surface area contributed by atoms with Crippen LogP contribution >= 0.6 is 0 Å². The van der Waals surface area contributed by atoms with Gasteiger partial charge in [0.1, 0.15) is 12.2 Å². The molecule has 0 radical (unpaired) electrons. The van der Waals surface area contributed by atoms with Gasteiger partial charge in [-0.1, -0.05) is 44.0 Å². The Kier molecular flexibility index (Phi) is 9.34. The van der Waals surface area contributed by atoms with Crippen molar-refractivity contribution >= 4 is 11.8 Å². The number of unbranched alkanes of at least 4 members (excludes halogenated alkanes) is 1. The van der Waals surface area contributed by atoms with Crippen LogP contribution < -0.4 is 0 Å². The lowest BCUT2D eigenvalue weighted by atomic mass is 9.92. The molecule has 0 spiro atoms. The average molecular weight is 352 g/mol. The molecule has 1 rings (SSSR count). The average Bonchev–Trinajstić information content (AvgIpc) is 2.60. The first-order valence-electron chi connectivity index (χ1n) is 8.42. The number of benzene rings is 1. The van der Waals surface area contributed by atoms with Gasteiger partial charge in [-0.15, -0.1) is 0 Å². The summed E-state index contributed by atoms with van der Waals surface area (Å²) in [7, 11) is 4.55. The fourth-order valence-corrected chi connectivity index (χ4v) is 2.91. The second kappa shape index (κ2) is 11.0. The van der Waals surface area contributed by atoms with Gasteiger partial charge in [0.2, 0.25) is 0 Å². The van der Waals surface area contributed by atoms with E-state index in [2.05, 4.69) is 6.92 Å². The van der Waals surface area contributed by atoms with Crippen molar-refractivity contribution in [2.24, 2.45) is 0 Å². The van der Waals surface area contributed by atoms with Gasteiger partial charge in [0.25, 0.3) is 0 Å². The van der Waals surface area contributed by atoms with E-state index in [1.54, 1.807) is 31.4 Å². The molecule has 3 atom stereocenters. The summed E-state index contributed by atoms with van der Waals surface area (Å²) in [5.41, 5.74) is 0.795. The number of hydrogen-bond acceptors (Lipinski definition) is 5. The smallest absolute Gasteiger partial charge is 0.307 e. The topological polar surface area (TPSA) is 82.1 Å². The predicted octanol–water partition coefficient (Wildman–Crippen LogP) is 2.73. The Labute approximate surface area is 149 Å². The van der Waals surface area contributed by atoms with E-state index in [1.165, 1.54) is 14.2 Å². The molecule has 6 heteroatoms. The lowest BCUT2D eigenvalue weighted by Gasteiger charge is -2.30. The Hall–Kier alpha value is -1.76. The Morgan fingerprint density at radius 3 is 2.28 bits per heavy atom. The van der Waals surface area contributed by atoms with Gasteiger partial charge in [0.05, 0.1) is 12.5 Å².